The molecule has 0 saturated heterocycles. The van der Waals surface area contributed by atoms with E-state index in [1.807, 2.05) is 146 Å². The molecule has 90 heavy (non-hydrogen) atoms. The third-order valence-electron chi connectivity index (χ3n) is 15.9. The van der Waals surface area contributed by atoms with Crippen LogP contribution < -0.4 is 0 Å². The maximum atomic E-state index is 11.0. The number of rotatable bonds is 10. The molecule has 0 unspecified atom stereocenters. The van der Waals surface area contributed by atoms with Crippen LogP contribution >= 0.6 is 0 Å². The van der Waals surface area contributed by atoms with E-state index < -0.39 is 0 Å². The van der Waals surface area contributed by atoms with Gasteiger partial charge in [-0.15, -0.1) is 0 Å². The first kappa shape index (κ1) is 54.5. The Kier molecular flexibility index (Phi) is 13.1. The van der Waals surface area contributed by atoms with Gasteiger partial charge in [0, 0.05) is 71.7 Å². The lowest BCUT2D eigenvalue weighted by Gasteiger charge is -2.19. The van der Waals surface area contributed by atoms with Crippen molar-refractivity contribution in [2.75, 3.05) is 0 Å². The topological polar surface area (TPSA) is 227 Å². The summed E-state index contributed by atoms with van der Waals surface area (Å²) in [5.41, 5.74) is 12.8. The average Bonchev–Trinajstić information content (AvgIpc) is 1.54. The fourth-order valence-corrected chi connectivity index (χ4v) is 12.2. The molecule has 0 atom stereocenters. The van der Waals surface area contributed by atoms with Crippen LogP contribution in [0.2, 0.25) is 0 Å². The van der Waals surface area contributed by atoms with Crippen molar-refractivity contribution in [2.24, 2.45) is 0 Å². The summed E-state index contributed by atoms with van der Waals surface area (Å²) in [6.45, 7) is 15.0. The standard InChI is InChI=1S/C72H52N18/c1-38-74-39(2)79-68(78-38)49-20-27-61-57(32-49)58-33-50(69-80-40(3)75-41(4)81-69)21-28-62(58)89(61)53-24-25-54(72-87-66(47-15-11-9-12-16-47)86-67(88-72)48-17-13-10-14-18-48)55(36-53)56-31-46(37-73)19-26-63(56)90-64-29-22-51(70-82-42(5)76-43(6)83-70)34-59(64)60-35-52(23-30-65(60)90)71-84-44(7)77-45(8)85-71/h9-36H,1-8H3. The Morgan fingerprint density at radius 1 is 0.267 bits per heavy atom. The predicted molar refractivity (Wildman–Crippen MR) is 348 cm³/mol. The van der Waals surface area contributed by atoms with Gasteiger partial charge in [-0.05, 0) is 170 Å². The number of benzene rings is 8. The van der Waals surface area contributed by atoms with Crippen LogP contribution in [-0.2, 0) is 0 Å². The number of nitrogens with zero attached hydrogens (tertiary/aromatic N) is 18. The van der Waals surface area contributed by atoms with Gasteiger partial charge in [0.15, 0.2) is 40.8 Å². The van der Waals surface area contributed by atoms with Gasteiger partial charge in [0.2, 0.25) is 0 Å². The Morgan fingerprint density at radius 3 is 0.978 bits per heavy atom. The van der Waals surface area contributed by atoms with Gasteiger partial charge in [-0.25, -0.2) is 74.8 Å². The van der Waals surface area contributed by atoms with Gasteiger partial charge in [0.25, 0.3) is 0 Å². The van der Waals surface area contributed by atoms with Crippen LogP contribution in [0.4, 0.5) is 0 Å². The van der Waals surface area contributed by atoms with Gasteiger partial charge < -0.3 is 9.13 Å². The molecule has 7 aromatic heterocycles. The fraction of sp³-hybridized carbons (Fsp3) is 0.111. The molecule has 15 aromatic rings. The molecule has 0 aliphatic rings. The highest BCUT2D eigenvalue weighted by molar-refractivity contribution is 6.13. The van der Waals surface area contributed by atoms with Crippen LogP contribution in [0, 0.1) is 66.7 Å². The summed E-state index contributed by atoms with van der Waals surface area (Å²) in [5, 5.41) is 14.8. The number of aromatic nitrogens is 17. The molecule has 18 nitrogen and oxygen atoms in total. The Bertz CT molecular complexity index is 5140. The van der Waals surface area contributed by atoms with Gasteiger partial charge in [-0.3, -0.25) is 0 Å². The van der Waals surface area contributed by atoms with Crippen molar-refractivity contribution >= 4 is 43.6 Å². The first-order chi connectivity index (χ1) is 43.7. The molecule has 430 valence electrons. The highest BCUT2D eigenvalue weighted by atomic mass is 15.1. The summed E-state index contributed by atoms with van der Waals surface area (Å²) in [7, 11) is 0. The molecule has 0 N–H and O–H groups in total. The molecule has 0 amide bonds. The van der Waals surface area contributed by atoms with Crippen molar-refractivity contribution < 1.29 is 0 Å². The maximum Gasteiger partial charge on any atom is 0.164 e. The average molecular weight is 1170 g/mol. The Labute approximate surface area is 516 Å². The highest BCUT2D eigenvalue weighted by Crippen LogP contribution is 2.44. The Hall–Kier alpha value is -12.1. The third-order valence-corrected chi connectivity index (χ3v) is 15.9. The predicted octanol–water partition coefficient (Wildman–Crippen LogP) is 14.5. The van der Waals surface area contributed by atoms with Gasteiger partial charge in [0.05, 0.1) is 39.4 Å². The second kappa shape index (κ2) is 21.7. The molecule has 0 spiro atoms. The minimum absolute atomic E-state index is 0.433. The molecular weight excluding hydrogens is 1120 g/mol. The van der Waals surface area contributed by atoms with E-state index in [0.29, 0.717) is 98.5 Å². The Balaban J connectivity index is 1.03. The van der Waals surface area contributed by atoms with Gasteiger partial charge in [-0.1, -0.05) is 60.7 Å². The first-order valence-electron chi connectivity index (χ1n) is 29.3. The van der Waals surface area contributed by atoms with Crippen molar-refractivity contribution in [3.8, 4) is 108 Å². The molecule has 0 radical (unpaired) electrons. The molecule has 0 aliphatic heterocycles. The van der Waals surface area contributed by atoms with Crippen molar-refractivity contribution in [1.29, 1.82) is 5.26 Å². The van der Waals surface area contributed by atoms with Crippen molar-refractivity contribution in [3.05, 3.63) is 222 Å². The van der Waals surface area contributed by atoms with Crippen molar-refractivity contribution in [2.45, 2.75) is 55.4 Å². The van der Waals surface area contributed by atoms with Crippen LogP contribution in [0.3, 0.4) is 0 Å². The molecule has 0 bridgehead atoms. The van der Waals surface area contributed by atoms with E-state index in [1.54, 1.807) is 0 Å². The molecule has 0 saturated carbocycles. The van der Waals surface area contributed by atoms with E-state index in [9.17, 15) is 5.26 Å². The van der Waals surface area contributed by atoms with Crippen LogP contribution in [0.1, 0.15) is 52.2 Å². The zero-order chi connectivity index (χ0) is 61.5. The number of fused-ring (bicyclic) bond motifs is 6. The van der Waals surface area contributed by atoms with Gasteiger partial charge in [0.1, 0.15) is 46.6 Å². The summed E-state index contributed by atoms with van der Waals surface area (Å²) >= 11 is 0. The van der Waals surface area contributed by atoms with E-state index in [2.05, 4.69) is 114 Å². The number of nitriles is 1. The largest absolute Gasteiger partial charge is 0.309 e. The van der Waals surface area contributed by atoms with Crippen LogP contribution in [0.25, 0.3) is 146 Å². The molecule has 0 aliphatic carbocycles. The smallest absolute Gasteiger partial charge is 0.164 e. The number of aryl methyl sites for hydroxylation is 8. The third kappa shape index (κ3) is 9.85. The summed E-state index contributed by atoms with van der Waals surface area (Å²) in [4.78, 5) is 72.1. The minimum atomic E-state index is 0.433. The van der Waals surface area contributed by atoms with Crippen molar-refractivity contribution in [1.82, 2.24) is 83.9 Å². The molecule has 18 heteroatoms. The summed E-state index contributed by atoms with van der Waals surface area (Å²) in [6.07, 6.45) is 0. The molecule has 8 aromatic carbocycles. The highest BCUT2D eigenvalue weighted by Gasteiger charge is 2.25. The molecular formula is C72H52N18. The lowest BCUT2D eigenvalue weighted by atomic mass is 9.94. The molecule has 15 rings (SSSR count). The van der Waals surface area contributed by atoms with Gasteiger partial charge >= 0.3 is 0 Å². The zero-order valence-electron chi connectivity index (χ0n) is 50.2. The van der Waals surface area contributed by atoms with E-state index in [4.69, 9.17) is 54.8 Å². The zero-order valence-corrected chi connectivity index (χ0v) is 50.2. The maximum absolute atomic E-state index is 11.0. The minimum Gasteiger partial charge on any atom is -0.309 e. The summed E-state index contributed by atoms with van der Waals surface area (Å²) in [6, 6.07) is 59.8. The summed E-state index contributed by atoms with van der Waals surface area (Å²) < 4.78 is 4.53. The number of hydrogen-bond acceptors (Lipinski definition) is 16. The number of hydrogen-bond donors (Lipinski definition) is 0. The lowest BCUT2D eigenvalue weighted by Crippen LogP contribution is -2.04. The van der Waals surface area contributed by atoms with E-state index >= 15 is 0 Å². The fourth-order valence-electron chi connectivity index (χ4n) is 12.2. The second-order valence-electron chi connectivity index (χ2n) is 22.2. The van der Waals surface area contributed by atoms with Crippen molar-refractivity contribution in [3.63, 3.8) is 0 Å². The van der Waals surface area contributed by atoms with E-state index in [0.717, 1.165) is 99.5 Å². The van der Waals surface area contributed by atoms with Crippen LogP contribution in [0.5, 0.6) is 0 Å². The SMILES string of the molecule is Cc1nc(C)nc(-c2ccc3c(c2)c2cc(-c4nc(C)nc(C)n4)ccc2n3-c2ccc(-c3nc(-c4ccccc4)nc(-c4ccccc4)n3)c(-c3cc(C#N)ccc3-n3c4ccc(-c5nc(C)nc(C)n5)cc4c4cc(-c5nc(C)nc(C)n5)ccc43)c2)n1. The first-order valence-corrected chi connectivity index (χ1v) is 29.3. The summed E-state index contributed by atoms with van der Waals surface area (Å²) in [5.74, 6) is 8.73. The Morgan fingerprint density at radius 2 is 0.611 bits per heavy atom. The van der Waals surface area contributed by atoms with Crippen LogP contribution in [-0.4, -0.2) is 83.9 Å². The van der Waals surface area contributed by atoms with E-state index in [1.165, 1.54) is 0 Å². The molecule has 7 heterocycles. The monoisotopic (exact) mass is 1170 g/mol. The van der Waals surface area contributed by atoms with Gasteiger partial charge in [-0.2, -0.15) is 5.26 Å². The lowest BCUT2D eigenvalue weighted by molar-refractivity contribution is 0.928. The second-order valence-corrected chi connectivity index (χ2v) is 22.2. The quantitative estimate of drug-likeness (QED) is 0.124. The van der Waals surface area contributed by atoms with Crippen LogP contribution in [0.15, 0.2) is 170 Å². The normalized spacial score (nSPS) is 11.5. The van der Waals surface area contributed by atoms with E-state index in [-0.39, 0.29) is 0 Å². The molecule has 0 fully saturated rings.